The van der Waals surface area contributed by atoms with E-state index in [0.29, 0.717) is 35.7 Å². The first-order valence-corrected chi connectivity index (χ1v) is 12.6. The van der Waals surface area contributed by atoms with Crippen molar-refractivity contribution >= 4 is 23.2 Å². The first kappa shape index (κ1) is 21.4. The number of aliphatic hydroxyl groups excluding tert-OH is 1. The Balaban J connectivity index is 1.23. The third-order valence-corrected chi connectivity index (χ3v) is 9.46. The Hall–Kier alpha value is -2.15. The van der Waals surface area contributed by atoms with Crippen LogP contribution in [0, 0.1) is 29.0 Å². The topological polar surface area (TPSA) is 72.9 Å². The molecule has 6 aliphatic rings. The van der Waals surface area contributed by atoms with Gasteiger partial charge in [-0.2, -0.15) is 0 Å². The fourth-order valence-corrected chi connectivity index (χ4v) is 8.32. The van der Waals surface area contributed by atoms with Crippen molar-refractivity contribution in [3.05, 3.63) is 24.0 Å². The molecule has 2 N–H and O–H groups in total. The molecule has 2 heterocycles. The number of hydrogen-bond acceptors (Lipinski definition) is 4. The molecule has 4 aliphatic carbocycles. The summed E-state index contributed by atoms with van der Waals surface area (Å²) >= 11 is 0. The monoisotopic (exact) mass is 455 g/mol. The zero-order chi connectivity index (χ0) is 23.0. The summed E-state index contributed by atoms with van der Waals surface area (Å²) in [5.41, 5.74) is 0.447. The van der Waals surface area contributed by atoms with Gasteiger partial charge in [0, 0.05) is 37.8 Å². The van der Waals surface area contributed by atoms with Crippen molar-refractivity contribution < 1.29 is 19.1 Å². The average Bonchev–Trinajstić information content (AvgIpc) is 3.07. The van der Waals surface area contributed by atoms with Gasteiger partial charge in [-0.3, -0.25) is 9.59 Å². The van der Waals surface area contributed by atoms with Crippen LogP contribution in [0.15, 0.2) is 18.2 Å². The number of anilines is 2. The summed E-state index contributed by atoms with van der Waals surface area (Å²) in [5.74, 6) is 1.01. The van der Waals surface area contributed by atoms with Crippen molar-refractivity contribution in [1.82, 2.24) is 4.90 Å². The summed E-state index contributed by atoms with van der Waals surface area (Å²) < 4.78 is 15.0. The molecule has 2 aliphatic heterocycles. The van der Waals surface area contributed by atoms with Crippen molar-refractivity contribution in [1.29, 1.82) is 0 Å². The number of hydrogen-bond donors (Lipinski definition) is 2. The molecule has 6 nitrogen and oxygen atoms in total. The third-order valence-electron chi connectivity index (χ3n) is 9.46. The first-order valence-electron chi connectivity index (χ1n) is 12.6. The van der Waals surface area contributed by atoms with E-state index >= 15 is 0 Å². The van der Waals surface area contributed by atoms with Crippen molar-refractivity contribution in [3.63, 3.8) is 0 Å². The average molecular weight is 456 g/mol. The lowest BCUT2D eigenvalue weighted by Crippen LogP contribution is -2.65. The minimum atomic E-state index is -0.442. The van der Waals surface area contributed by atoms with Crippen LogP contribution in [0.4, 0.5) is 15.8 Å². The number of halogens is 1. The Morgan fingerprint density at radius 2 is 1.91 bits per heavy atom. The maximum atomic E-state index is 15.0. The van der Waals surface area contributed by atoms with Gasteiger partial charge in [-0.05, 0) is 87.3 Å². The van der Waals surface area contributed by atoms with Gasteiger partial charge in [-0.25, -0.2) is 4.39 Å². The normalized spacial score (nSPS) is 39.5. The van der Waals surface area contributed by atoms with Crippen LogP contribution in [0.3, 0.4) is 0 Å². The molecule has 7 heteroatoms. The Kier molecular flexibility index (Phi) is 4.81. The predicted octanol–water partition coefficient (Wildman–Crippen LogP) is 3.54. The summed E-state index contributed by atoms with van der Waals surface area (Å²) in [6, 6.07) is 4.81. The standard InChI is InChI=1S/C26H34FN3O3/c1-16(31)28-20-3-4-22(21(27)11-20)29-7-2-5-25(15-29)6-8-30(24(25)33)26-12-17-9-18(13-26)23(32)19(10-17)14-26/h3-4,11,17-19,23,32H,2,5-10,12-15H2,1H3,(H,28,31). The molecule has 3 unspecified atom stereocenters. The number of rotatable bonds is 3. The number of nitrogens with one attached hydrogen (secondary N) is 1. The Morgan fingerprint density at radius 1 is 1.15 bits per heavy atom. The number of nitrogens with zero attached hydrogens (tertiary/aromatic N) is 2. The van der Waals surface area contributed by atoms with Crippen molar-refractivity contribution in [2.45, 2.75) is 69.9 Å². The number of likely N-dealkylation sites (tertiary alicyclic amines) is 1. The number of piperidine rings is 1. The van der Waals surface area contributed by atoms with E-state index in [1.165, 1.54) is 13.0 Å². The molecule has 33 heavy (non-hydrogen) atoms. The predicted molar refractivity (Wildman–Crippen MR) is 123 cm³/mol. The quantitative estimate of drug-likeness (QED) is 0.731. The van der Waals surface area contributed by atoms with E-state index in [9.17, 15) is 19.1 Å². The molecule has 0 aromatic heterocycles. The Morgan fingerprint density at radius 3 is 2.61 bits per heavy atom. The molecule has 1 aromatic rings. The van der Waals surface area contributed by atoms with E-state index in [2.05, 4.69) is 10.2 Å². The van der Waals surface area contributed by atoms with E-state index in [0.717, 1.165) is 64.5 Å². The van der Waals surface area contributed by atoms with Crippen LogP contribution in [0.5, 0.6) is 0 Å². The lowest BCUT2D eigenvalue weighted by Gasteiger charge is -2.61. The van der Waals surface area contributed by atoms with Gasteiger partial charge in [-0.15, -0.1) is 0 Å². The molecule has 7 rings (SSSR count). The molecular formula is C26H34FN3O3. The van der Waals surface area contributed by atoms with E-state index < -0.39 is 5.41 Å². The second kappa shape index (κ2) is 7.42. The Labute approximate surface area is 194 Å². The largest absolute Gasteiger partial charge is 0.393 e. The van der Waals surface area contributed by atoms with Crippen LogP contribution in [0.1, 0.15) is 58.3 Å². The van der Waals surface area contributed by atoms with Gasteiger partial charge in [0.2, 0.25) is 11.8 Å². The second-order valence-corrected chi connectivity index (χ2v) is 11.5. The van der Waals surface area contributed by atoms with Crippen LogP contribution in [-0.2, 0) is 9.59 Å². The Bertz CT molecular complexity index is 983. The fraction of sp³-hybridized carbons (Fsp3) is 0.692. The fourth-order valence-electron chi connectivity index (χ4n) is 8.32. The highest BCUT2D eigenvalue weighted by Crippen LogP contribution is 2.59. The van der Waals surface area contributed by atoms with Crippen LogP contribution in [0.25, 0.3) is 0 Å². The summed E-state index contributed by atoms with van der Waals surface area (Å²) in [5, 5.41) is 13.3. The maximum absolute atomic E-state index is 15.0. The molecule has 2 saturated heterocycles. The summed E-state index contributed by atoms with van der Waals surface area (Å²) in [6.07, 6.45) is 7.61. The zero-order valence-electron chi connectivity index (χ0n) is 19.4. The molecule has 0 radical (unpaired) electrons. The lowest BCUT2D eigenvalue weighted by molar-refractivity contribution is -0.167. The summed E-state index contributed by atoms with van der Waals surface area (Å²) in [4.78, 5) is 29.5. The molecule has 4 bridgehead atoms. The van der Waals surface area contributed by atoms with E-state index in [1.807, 2.05) is 4.90 Å². The minimum absolute atomic E-state index is 0.0656. The molecule has 4 saturated carbocycles. The summed E-state index contributed by atoms with van der Waals surface area (Å²) in [7, 11) is 0. The van der Waals surface area contributed by atoms with Crippen molar-refractivity contribution in [2.75, 3.05) is 29.9 Å². The number of aliphatic hydroxyl groups is 1. The van der Waals surface area contributed by atoms with Gasteiger partial charge in [0.1, 0.15) is 5.82 Å². The highest BCUT2D eigenvalue weighted by atomic mass is 19.1. The maximum Gasteiger partial charge on any atom is 0.231 e. The van der Waals surface area contributed by atoms with Gasteiger partial charge in [0.25, 0.3) is 0 Å². The van der Waals surface area contributed by atoms with Crippen LogP contribution < -0.4 is 10.2 Å². The molecule has 1 aromatic carbocycles. The third kappa shape index (κ3) is 3.29. The molecule has 3 atom stereocenters. The van der Waals surface area contributed by atoms with Gasteiger partial charge >= 0.3 is 0 Å². The van der Waals surface area contributed by atoms with Crippen LogP contribution in [0.2, 0.25) is 0 Å². The SMILES string of the molecule is CC(=O)Nc1ccc(N2CCCC3(CCN(C45CC6CC(C4)C(O)C(C6)C5)C3=O)C2)c(F)c1. The van der Waals surface area contributed by atoms with E-state index in [1.54, 1.807) is 12.1 Å². The van der Waals surface area contributed by atoms with Crippen LogP contribution in [-0.4, -0.2) is 53.1 Å². The highest BCUT2D eigenvalue weighted by Gasteiger charge is 2.62. The number of benzene rings is 1. The zero-order valence-corrected chi connectivity index (χ0v) is 19.4. The minimum Gasteiger partial charge on any atom is -0.393 e. The highest BCUT2D eigenvalue weighted by molar-refractivity contribution is 5.89. The molecule has 2 amide bonds. The summed E-state index contributed by atoms with van der Waals surface area (Å²) in [6.45, 7) is 3.48. The van der Waals surface area contributed by atoms with Crippen molar-refractivity contribution in [2.24, 2.45) is 23.2 Å². The second-order valence-electron chi connectivity index (χ2n) is 11.5. The van der Waals surface area contributed by atoms with Gasteiger partial charge in [0.15, 0.2) is 0 Å². The molecule has 178 valence electrons. The number of carbonyl (C=O) groups excluding carboxylic acids is 2. The van der Waals surface area contributed by atoms with Gasteiger partial charge in [-0.1, -0.05) is 0 Å². The van der Waals surface area contributed by atoms with E-state index in [-0.39, 0.29) is 29.3 Å². The van der Waals surface area contributed by atoms with Crippen molar-refractivity contribution in [3.8, 4) is 0 Å². The van der Waals surface area contributed by atoms with Gasteiger partial charge in [0.05, 0.1) is 17.2 Å². The number of carbonyl (C=O) groups is 2. The van der Waals surface area contributed by atoms with E-state index in [4.69, 9.17) is 0 Å². The smallest absolute Gasteiger partial charge is 0.231 e. The first-order chi connectivity index (χ1) is 15.8. The van der Waals surface area contributed by atoms with Crippen LogP contribution >= 0.6 is 0 Å². The lowest BCUT2D eigenvalue weighted by atomic mass is 9.51. The number of amides is 2. The molecule has 6 fully saturated rings. The molecular weight excluding hydrogens is 421 g/mol. The van der Waals surface area contributed by atoms with Gasteiger partial charge < -0.3 is 20.2 Å². The molecule has 1 spiro atoms.